The van der Waals surface area contributed by atoms with Gasteiger partial charge in [0.05, 0.1) is 0 Å². The van der Waals surface area contributed by atoms with E-state index in [1.165, 1.54) is 23.5 Å². The minimum Gasteiger partial charge on any atom is -0.316 e. The van der Waals surface area contributed by atoms with Crippen LogP contribution < -0.4 is 5.32 Å². The highest BCUT2D eigenvalue weighted by atomic mass is 35.5. The average molecular weight is 335 g/mol. The topological polar surface area (TPSA) is 49.4 Å². The van der Waals surface area contributed by atoms with Gasteiger partial charge < -0.3 is 5.32 Å². The summed E-state index contributed by atoms with van der Waals surface area (Å²) in [4.78, 5) is -0.352. The molecule has 1 N–H and O–H groups in total. The van der Waals surface area contributed by atoms with E-state index in [2.05, 4.69) is 5.32 Å². The quantitative estimate of drug-likeness (QED) is 0.870. The summed E-state index contributed by atoms with van der Waals surface area (Å²) in [6, 6.07) is 2.49. The second-order valence-corrected chi connectivity index (χ2v) is 7.91. The third-order valence-electron chi connectivity index (χ3n) is 3.98. The number of hydrogen-bond acceptors (Lipinski definition) is 3. The predicted molar refractivity (Wildman–Crippen MR) is 81.3 cm³/mol. The summed E-state index contributed by atoms with van der Waals surface area (Å²) in [7, 11) is -0.732. The molecule has 1 aliphatic rings. The molecule has 0 amide bonds. The van der Waals surface area contributed by atoms with E-state index in [-0.39, 0.29) is 28.1 Å². The highest BCUT2D eigenvalue weighted by Crippen LogP contribution is 2.37. The molecule has 0 radical (unpaired) electrons. The first kappa shape index (κ1) is 16.7. The first-order valence-electron chi connectivity index (χ1n) is 6.89. The van der Waals surface area contributed by atoms with Crippen molar-refractivity contribution in [2.75, 3.05) is 14.1 Å². The Morgan fingerprint density at radius 1 is 1.48 bits per heavy atom. The van der Waals surface area contributed by atoms with Crippen molar-refractivity contribution in [2.24, 2.45) is 5.92 Å². The third-order valence-corrected chi connectivity index (χ3v) is 6.14. The molecule has 1 aliphatic carbocycles. The maximum atomic E-state index is 14.5. The maximum Gasteiger partial charge on any atom is 0.246 e. The van der Waals surface area contributed by atoms with Crippen molar-refractivity contribution in [3.05, 3.63) is 28.5 Å². The molecule has 0 bridgehead atoms. The number of nitrogens with zero attached hydrogens (tertiary/aromatic N) is 1. The van der Waals surface area contributed by atoms with Crippen molar-refractivity contribution in [3.63, 3.8) is 0 Å². The van der Waals surface area contributed by atoms with E-state index in [0.29, 0.717) is 5.92 Å². The summed E-state index contributed by atoms with van der Waals surface area (Å²) in [6.45, 7) is 2.07. The summed E-state index contributed by atoms with van der Waals surface area (Å²) in [5.41, 5.74) is 0.246. The van der Waals surface area contributed by atoms with E-state index in [4.69, 9.17) is 11.6 Å². The Kier molecular flexibility index (Phi) is 4.92. The molecule has 2 rings (SSSR count). The standard InChI is InChI=1S/C14H20ClFN2O2S/c1-9(10-4-5-10)18(3)21(19,20)13-7-12(15)6-11(8-17-2)14(13)16/h6-7,9-10,17H,4-5,8H2,1-3H3. The third kappa shape index (κ3) is 3.39. The maximum absolute atomic E-state index is 14.5. The van der Waals surface area contributed by atoms with Crippen LogP contribution in [0.5, 0.6) is 0 Å². The Balaban J connectivity index is 2.43. The van der Waals surface area contributed by atoms with E-state index in [1.807, 2.05) is 6.92 Å². The number of rotatable bonds is 6. The minimum absolute atomic E-state index is 0.138. The molecule has 1 aromatic carbocycles. The smallest absolute Gasteiger partial charge is 0.246 e. The molecule has 7 heteroatoms. The zero-order valence-electron chi connectivity index (χ0n) is 12.4. The van der Waals surface area contributed by atoms with Gasteiger partial charge in [-0.2, -0.15) is 4.31 Å². The van der Waals surface area contributed by atoms with E-state index < -0.39 is 15.8 Å². The van der Waals surface area contributed by atoms with Gasteiger partial charge in [0, 0.05) is 30.2 Å². The highest BCUT2D eigenvalue weighted by molar-refractivity contribution is 7.89. The molecule has 1 atom stereocenters. The van der Waals surface area contributed by atoms with Crippen molar-refractivity contribution in [1.82, 2.24) is 9.62 Å². The van der Waals surface area contributed by atoms with E-state index in [9.17, 15) is 12.8 Å². The number of hydrogen-bond donors (Lipinski definition) is 1. The van der Waals surface area contributed by atoms with Crippen molar-refractivity contribution in [1.29, 1.82) is 0 Å². The fourth-order valence-electron chi connectivity index (χ4n) is 2.37. The van der Waals surface area contributed by atoms with Gasteiger partial charge in [0.2, 0.25) is 10.0 Å². The van der Waals surface area contributed by atoms with Gasteiger partial charge in [-0.25, -0.2) is 12.8 Å². The van der Waals surface area contributed by atoms with Crippen LogP contribution in [0.2, 0.25) is 5.02 Å². The number of benzene rings is 1. The molecule has 0 saturated heterocycles. The average Bonchev–Trinajstić information content (AvgIpc) is 3.25. The molecule has 0 aliphatic heterocycles. The molecule has 1 saturated carbocycles. The van der Waals surface area contributed by atoms with E-state index in [0.717, 1.165) is 12.8 Å². The zero-order valence-corrected chi connectivity index (χ0v) is 13.9. The van der Waals surface area contributed by atoms with Gasteiger partial charge >= 0.3 is 0 Å². The lowest BCUT2D eigenvalue weighted by molar-refractivity contribution is 0.355. The molecule has 1 fully saturated rings. The van der Waals surface area contributed by atoms with Crippen molar-refractivity contribution in [2.45, 2.75) is 37.2 Å². The van der Waals surface area contributed by atoms with Gasteiger partial charge in [-0.1, -0.05) is 11.6 Å². The first-order chi connectivity index (χ1) is 9.78. The van der Waals surface area contributed by atoms with E-state index >= 15 is 0 Å². The van der Waals surface area contributed by atoms with Crippen LogP contribution in [0.3, 0.4) is 0 Å². The lowest BCUT2D eigenvalue weighted by Crippen LogP contribution is -2.37. The fourth-order valence-corrected chi connectivity index (χ4v) is 4.23. The van der Waals surface area contributed by atoms with Crippen molar-refractivity contribution < 1.29 is 12.8 Å². The molecule has 0 spiro atoms. The van der Waals surface area contributed by atoms with E-state index in [1.54, 1.807) is 7.05 Å². The Bertz CT molecular complexity index is 632. The van der Waals surface area contributed by atoms with Gasteiger partial charge in [0.25, 0.3) is 0 Å². The monoisotopic (exact) mass is 334 g/mol. The Hall–Kier alpha value is -0.690. The normalized spacial score (nSPS) is 17.2. The molecule has 1 aromatic rings. The van der Waals surface area contributed by atoms with Crippen LogP contribution >= 0.6 is 11.6 Å². The number of nitrogens with one attached hydrogen (secondary N) is 1. The highest BCUT2D eigenvalue weighted by Gasteiger charge is 2.37. The Morgan fingerprint density at radius 2 is 2.10 bits per heavy atom. The van der Waals surface area contributed by atoms with Crippen molar-refractivity contribution >= 4 is 21.6 Å². The first-order valence-corrected chi connectivity index (χ1v) is 8.71. The number of halogens is 2. The van der Waals surface area contributed by atoms with Crippen LogP contribution in [0.4, 0.5) is 4.39 Å². The molecule has 21 heavy (non-hydrogen) atoms. The fraction of sp³-hybridized carbons (Fsp3) is 0.571. The zero-order chi connectivity index (χ0) is 15.8. The van der Waals surface area contributed by atoms with Gasteiger partial charge in [-0.3, -0.25) is 0 Å². The van der Waals surface area contributed by atoms with Crippen molar-refractivity contribution in [3.8, 4) is 0 Å². The summed E-state index contributed by atoms with van der Waals surface area (Å²) in [6.07, 6.45) is 2.04. The van der Waals surface area contributed by atoms with Crippen LogP contribution in [-0.4, -0.2) is 32.9 Å². The minimum atomic E-state index is -3.89. The molecule has 4 nitrogen and oxygen atoms in total. The Morgan fingerprint density at radius 3 is 2.62 bits per heavy atom. The van der Waals surface area contributed by atoms with Gasteiger partial charge in [0.15, 0.2) is 0 Å². The second kappa shape index (κ2) is 6.20. The van der Waals surface area contributed by atoms with Crippen LogP contribution in [0, 0.1) is 11.7 Å². The summed E-state index contributed by atoms with van der Waals surface area (Å²) < 4.78 is 41.0. The molecule has 0 aromatic heterocycles. The SMILES string of the molecule is CNCc1cc(Cl)cc(S(=O)(=O)N(C)C(C)C2CC2)c1F. The second-order valence-electron chi connectivity index (χ2n) is 5.51. The molecular formula is C14H20ClFN2O2S. The summed E-state index contributed by atoms with van der Waals surface area (Å²) >= 11 is 5.95. The summed E-state index contributed by atoms with van der Waals surface area (Å²) in [5, 5.41) is 3.02. The number of sulfonamides is 1. The van der Waals surface area contributed by atoms with Crippen LogP contribution in [0.15, 0.2) is 17.0 Å². The largest absolute Gasteiger partial charge is 0.316 e. The molecule has 118 valence electrons. The molecule has 0 heterocycles. The lowest BCUT2D eigenvalue weighted by Gasteiger charge is -2.25. The van der Waals surface area contributed by atoms with Crippen LogP contribution in [0.1, 0.15) is 25.3 Å². The molecule has 1 unspecified atom stereocenters. The van der Waals surface area contributed by atoms with Gasteiger partial charge in [-0.15, -0.1) is 0 Å². The van der Waals surface area contributed by atoms with Gasteiger partial charge in [0.1, 0.15) is 10.7 Å². The van der Waals surface area contributed by atoms with Crippen LogP contribution in [-0.2, 0) is 16.6 Å². The summed E-state index contributed by atoms with van der Waals surface area (Å²) in [5.74, 6) is -0.368. The Labute approximate surface area is 130 Å². The van der Waals surface area contributed by atoms with Gasteiger partial charge in [-0.05, 0) is 44.9 Å². The molecular weight excluding hydrogens is 315 g/mol. The predicted octanol–water partition coefficient (Wildman–Crippen LogP) is 2.62. The lowest BCUT2D eigenvalue weighted by atomic mass is 10.2. The van der Waals surface area contributed by atoms with Crippen LogP contribution in [0.25, 0.3) is 0 Å².